The lowest BCUT2D eigenvalue weighted by atomic mass is 9.74. The van der Waals surface area contributed by atoms with Gasteiger partial charge in [0.1, 0.15) is 6.04 Å². The summed E-state index contributed by atoms with van der Waals surface area (Å²) >= 11 is 0. The lowest BCUT2D eigenvalue weighted by molar-refractivity contribution is -0.159. The Hall–Kier alpha value is -2.41. The maximum Gasteiger partial charge on any atom is 0.324 e. The zero-order chi connectivity index (χ0) is 21.2. The second kappa shape index (κ2) is 11.6. The zero-order valence-corrected chi connectivity index (χ0v) is 17.4. The highest BCUT2D eigenvalue weighted by atomic mass is 16.5. The minimum Gasteiger partial charge on any atom is -0.466 e. The van der Waals surface area contributed by atoms with Crippen molar-refractivity contribution < 1.29 is 28.6 Å². The summed E-state index contributed by atoms with van der Waals surface area (Å²) in [5.74, 6) is -2.00. The van der Waals surface area contributed by atoms with Crippen molar-refractivity contribution in [2.24, 2.45) is 5.92 Å². The molecular weight excluding hydrogens is 374 g/mol. The van der Waals surface area contributed by atoms with Crippen molar-refractivity contribution in [3.05, 3.63) is 35.4 Å². The molecule has 0 bridgehead atoms. The predicted octanol–water partition coefficient (Wildman–Crippen LogP) is 2.37. The largest absolute Gasteiger partial charge is 0.466 e. The van der Waals surface area contributed by atoms with Crippen LogP contribution in [0, 0.1) is 5.92 Å². The molecule has 2 rings (SSSR count). The Labute approximate surface area is 172 Å². The van der Waals surface area contributed by atoms with Gasteiger partial charge in [-0.05, 0) is 51.3 Å². The lowest BCUT2D eigenvalue weighted by Gasteiger charge is -2.37. The molecule has 0 spiro atoms. The first-order chi connectivity index (χ1) is 14.0. The molecule has 1 heterocycles. The average molecular weight is 405 g/mol. The van der Waals surface area contributed by atoms with Gasteiger partial charge in [-0.25, -0.2) is 0 Å². The van der Waals surface area contributed by atoms with Crippen molar-refractivity contribution in [2.45, 2.75) is 52.0 Å². The molecule has 0 aromatic heterocycles. The van der Waals surface area contributed by atoms with Gasteiger partial charge >= 0.3 is 17.9 Å². The molecule has 1 fully saturated rings. The van der Waals surface area contributed by atoms with Crippen LogP contribution >= 0.6 is 0 Å². The van der Waals surface area contributed by atoms with Crippen LogP contribution < -0.4 is 5.32 Å². The van der Waals surface area contributed by atoms with Gasteiger partial charge in [0.25, 0.3) is 0 Å². The van der Waals surface area contributed by atoms with Gasteiger partial charge in [0.2, 0.25) is 0 Å². The zero-order valence-electron chi connectivity index (χ0n) is 17.4. The van der Waals surface area contributed by atoms with E-state index in [-0.39, 0.29) is 31.5 Å². The van der Waals surface area contributed by atoms with E-state index in [4.69, 9.17) is 14.2 Å². The van der Waals surface area contributed by atoms with Gasteiger partial charge in [0, 0.05) is 12.3 Å². The summed E-state index contributed by atoms with van der Waals surface area (Å²) in [6, 6.07) is 6.98. The van der Waals surface area contributed by atoms with E-state index < -0.39 is 23.9 Å². The van der Waals surface area contributed by atoms with Crippen LogP contribution in [0.15, 0.2) is 24.3 Å². The molecule has 1 N–H and O–H groups in total. The van der Waals surface area contributed by atoms with Crippen LogP contribution in [0.4, 0.5) is 0 Å². The predicted molar refractivity (Wildman–Crippen MR) is 107 cm³/mol. The normalized spacial score (nSPS) is 21.3. The summed E-state index contributed by atoms with van der Waals surface area (Å²) in [6.07, 6.45) is 1.45. The summed E-state index contributed by atoms with van der Waals surface area (Å²) in [6.45, 7) is 6.67. The topological polar surface area (TPSA) is 90.9 Å². The first-order valence-corrected chi connectivity index (χ1v) is 10.3. The average Bonchev–Trinajstić information content (AvgIpc) is 2.72. The molecule has 3 atom stereocenters. The molecule has 1 aliphatic rings. The van der Waals surface area contributed by atoms with E-state index in [0.717, 1.165) is 11.1 Å². The number of hydrogen-bond acceptors (Lipinski definition) is 7. The summed E-state index contributed by atoms with van der Waals surface area (Å²) in [7, 11) is 0. The second-order valence-corrected chi connectivity index (χ2v) is 6.86. The summed E-state index contributed by atoms with van der Waals surface area (Å²) < 4.78 is 15.5. The van der Waals surface area contributed by atoms with Crippen LogP contribution in [0.1, 0.15) is 50.7 Å². The summed E-state index contributed by atoms with van der Waals surface area (Å²) in [5, 5.41) is 3.13. The monoisotopic (exact) mass is 405 g/mol. The third-order valence-electron chi connectivity index (χ3n) is 5.07. The third kappa shape index (κ3) is 6.03. The van der Waals surface area contributed by atoms with Gasteiger partial charge < -0.3 is 19.5 Å². The highest BCUT2D eigenvalue weighted by Gasteiger charge is 2.44. The number of carbonyl (C=O) groups is 3. The number of esters is 3. The molecule has 0 radical (unpaired) electrons. The van der Waals surface area contributed by atoms with Gasteiger partial charge in [-0.1, -0.05) is 24.3 Å². The Morgan fingerprint density at radius 1 is 0.966 bits per heavy atom. The number of nitrogens with one attached hydrogen (secondary N) is 1. The minimum atomic E-state index is -0.758. The van der Waals surface area contributed by atoms with E-state index >= 15 is 0 Å². The van der Waals surface area contributed by atoms with Crippen molar-refractivity contribution in [3.8, 4) is 0 Å². The molecule has 1 aromatic carbocycles. The molecule has 0 saturated carbocycles. The van der Waals surface area contributed by atoms with Crippen molar-refractivity contribution in [1.82, 2.24) is 5.32 Å². The smallest absolute Gasteiger partial charge is 0.324 e. The highest BCUT2D eigenvalue weighted by Crippen LogP contribution is 2.37. The van der Waals surface area contributed by atoms with E-state index in [1.165, 1.54) is 0 Å². The Balaban J connectivity index is 2.33. The van der Waals surface area contributed by atoms with Crippen LogP contribution in [0.25, 0.3) is 0 Å². The number of rotatable bonds is 9. The van der Waals surface area contributed by atoms with Crippen LogP contribution in [0.3, 0.4) is 0 Å². The summed E-state index contributed by atoms with van der Waals surface area (Å²) in [5.41, 5.74) is 1.94. The number of carbonyl (C=O) groups excluding carboxylic acids is 3. The van der Waals surface area contributed by atoms with Crippen molar-refractivity contribution in [1.29, 1.82) is 0 Å². The van der Waals surface area contributed by atoms with Gasteiger partial charge in [0.05, 0.1) is 25.7 Å². The fraction of sp³-hybridized carbons (Fsp3) is 0.591. The van der Waals surface area contributed by atoms with E-state index in [2.05, 4.69) is 5.32 Å². The molecule has 1 saturated heterocycles. The van der Waals surface area contributed by atoms with E-state index in [0.29, 0.717) is 26.0 Å². The van der Waals surface area contributed by atoms with Crippen LogP contribution in [-0.4, -0.2) is 50.3 Å². The van der Waals surface area contributed by atoms with Crippen LogP contribution in [-0.2, 0) is 35.0 Å². The van der Waals surface area contributed by atoms with Gasteiger partial charge in [0.15, 0.2) is 0 Å². The maximum atomic E-state index is 12.8. The molecule has 7 heteroatoms. The SMILES string of the molecule is CCOC(=O)CCc1ccccc1C1CCNC(C(=O)OCC)C1C(=O)OCC. The maximum absolute atomic E-state index is 12.8. The first-order valence-electron chi connectivity index (χ1n) is 10.3. The van der Waals surface area contributed by atoms with E-state index in [1.807, 2.05) is 24.3 Å². The molecule has 160 valence electrons. The number of aryl methyl sites for hydroxylation is 1. The number of hydrogen-bond donors (Lipinski definition) is 1. The number of benzene rings is 1. The van der Waals surface area contributed by atoms with Gasteiger partial charge in [-0.15, -0.1) is 0 Å². The Bertz CT molecular complexity index is 704. The Morgan fingerprint density at radius 3 is 2.31 bits per heavy atom. The molecule has 0 aliphatic carbocycles. The quantitative estimate of drug-likeness (QED) is 0.498. The van der Waals surface area contributed by atoms with Crippen molar-refractivity contribution in [3.63, 3.8) is 0 Å². The Kier molecular flexibility index (Phi) is 9.12. The number of piperidine rings is 1. The first kappa shape index (κ1) is 22.9. The molecular formula is C22H31NO6. The number of ether oxygens (including phenoxy) is 3. The van der Waals surface area contributed by atoms with Gasteiger partial charge in [-0.2, -0.15) is 0 Å². The second-order valence-electron chi connectivity index (χ2n) is 6.86. The fourth-order valence-electron chi connectivity index (χ4n) is 3.88. The third-order valence-corrected chi connectivity index (χ3v) is 5.07. The molecule has 29 heavy (non-hydrogen) atoms. The fourth-order valence-corrected chi connectivity index (χ4v) is 3.88. The standard InChI is InChI=1S/C22H31NO6/c1-4-27-18(24)12-11-15-9-7-8-10-16(15)17-13-14-23-20(22(26)29-6-3)19(17)21(25)28-5-2/h7-10,17,19-20,23H,4-6,11-14H2,1-3H3. The van der Waals surface area contributed by atoms with Crippen LogP contribution in [0.2, 0.25) is 0 Å². The molecule has 0 amide bonds. The van der Waals surface area contributed by atoms with Crippen LogP contribution in [0.5, 0.6) is 0 Å². The summed E-state index contributed by atoms with van der Waals surface area (Å²) in [4.78, 5) is 37.1. The van der Waals surface area contributed by atoms with Crippen molar-refractivity contribution >= 4 is 17.9 Å². The minimum absolute atomic E-state index is 0.205. The Morgan fingerprint density at radius 2 is 1.62 bits per heavy atom. The lowest BCUT2D eigenvalue weighted by Crippen LogP contribution is -2.54. The van der Waals surface area contributed by atoms with Crippen molar-refractivity contribution in [2.75, 3.05) is 26.4 Å². The molecule has 3 unspecified atom stereocenters. The van der Waals surface area contributed by atoms with Gasteiger partial charge in [-0.3, -0.25) is 14.4 Å². The van der Waals surface area contributed by atoms with E-state index in [1.54, 1.807) is 20.8 Å². The molecule has 7 nitrogen and oxygen atoms in total. The molecule has 1 aromatic rings. The molecule has 1 aliphatic heterocycles. The highest BCUT2D eigenvalue weighted by molar-refractivity contribution is 5.86. The van der Waals surface area contributed by atoms with E-state index in [9.17, 15) is 14.4 Å².